The van der Waals surface area contributed by atoms with Crippen molar-refractivity contribution in [1.29, 1.82) is 0 Å². The van der Waals surface area contributed by atoms with Crippen LogP contribution in [0.3, 0.4) is 0 Å². The zero-order valence-corrected chi connectivity index (χ0v) is 10.9. The second kappa shape index (κ2) is 5.17. The Kier molecular flexibility index (Phi) is 4.36. The molecule has 0 aliphatic heterocycles. The number of rotatable bonds is 4. The first-order valence-electron chi connectivity index (χ1n) is 6.38. The van der Waals surface area contributed by atoms with Crippen LogP contribution in [0.5, 0.6) is 0 Å². The molecule has 1 amide bonds. The van der Waals surface area contributed by atoms with Crippen LogP contribution in [-0.4, -0.2) is 19.0 Å². The van der Waals surface area contributed by atoms with E-state index in [1.54, 1.807) is 0 Å². The SMILES string of the molecule is CC(C)(CN)CNC(=O)C1(C)CCCCC1. The Balaban J connectivity index is 2.45. The molecule has 3 N–H and O–H groups in total. The zero-order valence-electron chi connectivity index (χ0n) is 10.9. The highest BCUT2D eigenvalue weighted by Gasteiger charge is 2.34. The number of nitrogens with one attached hydrogen (secondary N) is 1. The summed E-state index contributed by atoms with van der Waals surface area (Å²) in [6.07, 6.45) is 5.70. The predicted molar refractivity (Wildman–Crippen MR) is 67.0 cm³/mol. The number of carbonyl (C=O) groups excluding carboxylic acids is 1. The molecule has 16 heavy (non-hydrogen) atoms. The number of amides is 1. The monoisotopic (exact) mass is 226 g/mol. The summed E-state index contributed by atoms with van der Waals surface area (Å²) in [5.74, 6) is 0.216. The molecular formula is C13H26N2O. The van der Waals surface area contributed by atoms with Gasteiger partial charge in [0.15, 0.2) is 0 Å². The molecule has 1 aliphatic rings. The van der Waals surface area contributed by atoms with Gasteiger partial charge in [0.25, 0.3) is 0 Å². The van der Waals surface area contributed by atoms with Crippen LogP contribution in [0.4, 0.5) is 0 Å². The average Bonchev–Trinajstić information content (AvgIpc) is 2.27. The molecule has 0 spiro atoms. The van der Waals surface area contributed by atoms with Crippen molar-refractivity contribution in [3.05, 3.63) is 0 Å². The molecule has 3 heteroatoms. The lowest BCUT2D eigenvalue weighted by molar-refractivity contribution is -0.132. The van der Waals surface area contributed by atoms with Crippen molar-refractivity contribution >= 4 is 5.91 Å². The Hall–Kier alpha value is -0.570. The second-order valence-electron chi connectivity index (χ2n) is 6.17. The van der Waals surface area contributed by atoms with Crippen LogP contribution in [0.2, 0.25) is 0 Å². The standard InChI is InChI=1S/C13H26N2O/c1-12(2,9-14)10-15-11(16)13(3)7-5-4-6-8-13/h4-10,14H2,1-3H3,(H,15,16). The summed E-state index contributed by atoms with van der Waals surface area (Å²) in [5.41, 5.74) is 5.52. The molecule has 0 saturated heterocycles. The molecule has 1 aliphatic carbocycles. The van der Waals surface area contributed by atoms with Gasteiger partial charge in [0.1, 0.15) is 0 Å². The fourth-order valence-corrected chi connectivity index (χ4v) is 2.16. The third kappa shape index (κ3) is 3.48. The second-order valence-corrected chi connectivity index (χ2v) is 6.17. The van der Waals surface area contributed by atoms with Gasteiger partial charge in [-0.25, -0.2) is 0 Å². The van der Waals surface area contributed by atoms with Gasteiger partial charge in [-0.3, -0.25) is 4.79 Å². The number of nitrogens with two attached hydrogens (primary N) is 1. The van der Waals surface area contributed by atoms with Crippen LogP contribution >= 0.6 is 0 Å². The molecule has 0 bridgehead atoms. The van der Waals surface area contributed by atoms with Gasteiger partial charge in [0.05, 0.1) is 0 Å². The summed E-state index contributed by atoms with van der Waals surface area (Å²) in [7, 11) is 0. The molecule has 0 heterocycles. The normalized spacial score (nSPS) is 20.5. The van der Waals surface area contributed by atoms with E-state index in [0.29, 0.717) is 13.1 Å². The van der Waals surface area contributed by atoms with Crippen LogP contribution < -0.4 is 11.1 Å². The first kappa shape index (κ1) is 13.5. The smallest absolute Gasteiger partial charge is 0.225 e. The van der Waals surface area contributed by atoms with Crippen LogP contribution in [0, 0.1) is 10.8 Å². The van der Waals surface area contributed by atoms with Crippen LogP contribution in [-0.2, 0) is 4.79 Å². The molecule has 0 aromatic heterocycles. The largest absolute Gasteiger partial charge is 0.355 e. The van der Waals surface area contributed by atoms with E-state index in [2.05, 4.69) is 26.1 Å². The van der Waals surface area contributed by atoms with Gasteiger partial charge >= 0.3 is 0 Å². The van der Waals surface area contributed by atoms with E-state index in [9.17, 15) is 4.79 Å². The maximum Gasteiger partial charge on any atom is 0.225 e. The van der Waals surface area contributed by atoms with Crippen molar-refractivity contribution in [2.24, 2.45) is 16.6 Å². The van der Waals surface area contributed by atoms with Crippen LogP contribution in [0.15, 0.2) is 0 Å². The molecule has 1 saturated carbocycles. The Morgan fingerprint density at radius 3 is 2.38 bits per heavy atom. The summed E-state index contributed by atoms with van der Waals surface area (Å²) in [6, 6.07) is 0. The predicted octanol–water partition coefficient (Wildman–Crippen LogP) is 2.06. The van der Waals surface area contributed by atoms with E-state index >= 15 is 0 Å². The molecule has 0 aromatic carbocycles. The van der Waals surface area contributed by atoms with Gasteiger partial charge in [0, 0.05) is 12.0 Å². The topological polar surface area (TPSA) is 55.1 Å². The van der Waals surface area contributed by atoms with Gasteiger partial charge < -0.3 is 11.1 Å². The minimum atomic E-state index is -0.136. The summed E-state index contributed by atoms with van der Waals surface area (Å²) in [4.78, 5) is 12.1. The van der Waals surface area contributed by atoms with Gasteiger partial charge in [-0.1, -0.05) is 40.0 Å². The van der Waals surface area contributed by atoms with Crippen LogP contribution in [0.1, 0.15) is 52.9 Å². The summed E-state index contributed by atoms with van der Waals surface area (Å²) in [6.45, 7) is 7.53. The molecule has 0 radical (unpaired) electrons. The molecule has 0 atom stereocenters. The highest BCUT2D eigenvalue weighted by atomic mass is 16.2. The third-order valence-corrected chi connectivity index (χ3v) is 3.79. The Morgan fingerprint density at radius 2 is 1.88 bits per heavy atom. The van der Waals surface area contributed by atoms with Gasteiger partial charge in [0.2, 0.25) is 5.91 Å². The Bertz CT molecular complexity index is 242. The van der Waals surface area contributed by atoms with Gasteiger partial charge in [-0.2, -0.15) is 0 Å². The summed E-state index contributed by atoms with van der Waals surface area (Å²) >= 11 is 0. The fraction of sp³-hybridized carbons (Fsp3) is 0.923. The highest BCUT2D eigenvalue weighted by molar-refractivity contribution is 5.82. The lowest BCUT2D eigenvalue weighted by atomic mass is 9.75. The van der Waals surface area contributed by atoms with Crippen molar-refractivity contribution in [3.63, 3.8) is 0 Å². The lowest BCUT2D eigenvalue weighted by Crippen LogP contribution is -2.45. The van der Waals surface area contributed by atoms with Gasteiger partial charge in [-0.15, -0.1) is 0 Å². The quantitative estimate of drug-likeness (QED) is 0.771. The van der Waals surface area contributed by atoms with Crippen molar-refractivity contribution in [2.75, 3.05) is 13.1 Å². The minimum absolute atomic E-state index is 0.000681. The third-order valence-electron chi connectivity index (χ3n) is 3.79. The van der Waals surface area contributed by atoms with Gasteiger partial charge in [-0.05, 0) is 24.8 Å². The number of carbonyl (C=O) groups is 1. The zero-order chi connectivity index (χ0) is 12.2. The first-order valence-corrected chi connectivity index (χ1v) is 6.38. The molecule has 1 rings (SSSR count). The number of hydrogen-bond donors (Lipinski definition) is 2. The minimum Gasteiger partial charge on any atom is -0.355 e. The molecule has 0 unspecified atom stereocenters. The van der Waals surface area contributed by atoms with Crippen LogP contribution in [0.25, 0.3) is 0 Å². The van der Waals surface area contributed by atoms with Crippen molar-refractivity contribution < 1.29 is 4.79 Å². The molecule has 0 aromatic rings. The first-order chi connectivity index (χ1) is 7.40. The number of hydrogen-bond acceptors (Lipinski definition) is 2. The Labute approximate surface area is 99.2 Å². The molecule has 3 nitrogen and oxygen atoms in total. The fourth-order valence-electron chi connectivity index (χ4n) is 2.16. The summed E-state index contributed by atoms with van der Waals surface area (Å²) in [5, 5.41) is 3.07. The Morgan fingerprint density at radius 1 is 1.31 bits per heavy atom. The molecular weight excluding hydrogens is 200 g/mol. The highest BCUT2D eigenvalue weighted by Crippen LogP contribution is 2.35. The van der Waals surface area contributed by atoms with E-state index in [-0.39, 0.29) is 16.7 Å². The summed E-state index contributed by atoms with van der Waals surface area (Å²) < 4.78 is 0. The van der Waals surface area contributed by atoms with E-state index in [4.69, 9.17) is 5.73 Å². The maximum atomic E-state index is 12.1. The van der Waals surface area contributed by atoms with Crippen molar-refractivity contribution in [2.45, 2.75) is 52.9 Å². The van der Waals surface area contributed by atoms with E-state index in [1.165, 1.54) is 19.3 Å². The lowest BCUT2D eigenvalue weighted by Gasteiger charge is -2.33. The van der Waals surface area contributed by atoms with E-state index in [0.717, 1.165) is 12.8 Å². The maximum absolute atomic E-state index is 12.1. The van der Waals surface area contributed by atoms with E-state index in [1.807, 2.05) is 0 Å². The average molecular weight is 226 g/mol. The molecule has 94 valence electrons. The molecule has 1 fully saturated rings. The van der Waals surface area contributed by atoms with Crippen molar-refractivity contribution in [1.82, 2.24) is 5.32 Å². The van der Waals surface area contributed by atoms with E-state index < -0.39 is 0 Å². The van der Waals surface area contributed by atoms with Crippen molar-refractivity contribution in [3.8, 4) is 0 Å².